The predicted octanol–water partition coefficient (Wildman–Crippen LogP) is 1.42. The van der Waals surface area contributed by atoms with Crippen molar-refractivity contribution in [2.24, 2.45) is 5.73 Å². The second kappa shape index (κ2) is 13.9. The molecule has 180 valence electrons. The molecule has 2 aromatic rings. The number of aliphatic carboxylic acids is 2. The van der Waals surface area contributed by atoms with Gasteiger partial charge in [-0.05, 0) is 47.9 Å². The number of ether oxygens (including phenoxy) is 1. The molecule has 10 heteroatoms. The van der Waals surface area contributed by atoms with Gasteiger partial charge in [0.2, 0.25) is 5.91 Å². The first-order chi connectivity index (χ1) is 16.0. The van der Waals surface area contributed by atoms with Crippen molar-refractivity contribution in [1.29, 1.82) is 0 Å². The largest absolute Gasteiger partial charge is 0.508 e. The predicted molar refractivity (Wildman–Crippen MR) is 123 cm³/mol. The molecule has 0 spiro atoms. The van der Waals surface area contributed by atoms with E-state index in [4.69, 9.17) is 25.8 Å². The van der Waals surface area contributed by atoms with Gasteiger partial charge in [-0.1, -0.05) is 37.4 Å². The number of rotatable bonds is 10. The number of carboxylic acid groups (broad SMARTS) is 2. The zero-order chi connectivity index (χ0) is 25.7. The van der Waals surface area contributed by atoms with Crippen LogP contribution in [0, 0.1) is 0 Å². The van der Waals surface area contributed by atoms with Gasteiger partial charge in [0.25, 0.3) is 0 Å². The summed E-state index contributed by atoms with van der Waals surface area (Å²) < 4.78 is 4.87. The molecule has 0 saturated carbocycles. The smallest absolute Gasteiger partial charge is 0.335 e. The SMILES string of the molecule is C=CC(=O)N[C@@H](Cc1ccc(O)cc1)C(=O)O.C=CC(=O)Oc1ccc(C[C@H](N)C(=O)O)cc1. The maximum Gasteiger partial charge on any atom is 0.335 e. The van der Waals surface area contributed by atoms with E-state index in [9.17, 15) is 19.2 Å². The molecule has 2 atom stereocenters. The summed E-state index contributed by atoms with van der Waals surface area (Å²) in [5.74, 6) is -2.75. The molecule has 0 aliphatic rings. The zero-order valence-corrected chi connectivity index (χ0v) is 18.2. The minimum absolute atomic E-state index is 0.107. The summed E-state index contributed by atoms with van der Waals surface area (Å²) >= 11 is 0. The molecule has 6 N–H and O–H groups in total. The number of nitrogens with two attached hydrogens (primary N) is 1. The van der Waals surface area contributed by atoms with Gasteiger partial charge in [-0.15, -0.1) is 0 Å². The number of esters is 1. The van der Waals surface area contributed by atoms with Crippen LogP contribution in [0.2, 0.25) is 0 Å². The van der Waals surface area contributed by atoms with Crippen molar-refractivity contribution >= 4 is 23.8 Å². The molecule has 0 radical (unpaired) electrons. The lowest BCUT2D eigenvalue weighted by atomic mass is 10.1. The number of hydrogen-bond donors (Lipinski definition) is 5. The molecule has 0 aromatic heterocycles. The van der Waals surface area contributed by atoms with Crippen molar-refractivity contribution in [1.82, 2.24) is 5.32 Å². The van der Waals surface area contributed by atoms with E-state index in [2.05, 4.69) is 18.5 Å². The van der Waals surface area contributed by atoms with Gasteiger partial charge in [-0.25, -0.2) is 9.59 Å². The first-order valence-corrected chi connectivity index (χ1v) is 9.91. The van der Waals surface area contributed by atoms with E-state index in [1.807, 2.05) is 0 Å². The molecule has 0 aliphatic carbocycles. The Hall–Kier alpha value is -4.44. The quantitative estimate of drug-likeness (QED) is 0.195. The molecule has 34 heavy (non-hydrogen) atoms. The Morgan fingerprint density at radius 2 is 1.41 bits per heavy atom. The maximum absolute atomic E-state index is 11.0. The normalized spacial score (nSPS) is 11.6. The lowest BCUT2D eigenvalue weighted by Crippen LogP contribution is -2.41. The van der Waals surface area contributed by atoms with E-state index < -0.39 is 35.9 Å². The number of nitrogens with one attached hydrogen (secondary N) is 1. The van der Waals surface area contributed by atoms with Crippen LogP contribution in [-0.2, 0) is 32.0 Å². The molecule has 1 amide bonds. The highest BCUT2D eigenvalue weighted by molar-refractivity contribution is 5.90. The van der Waals surface area contributed by atoms with Crippen molar-refractivity contribution in [2.45, 2.75) is 24.9 Å². The molecule has 2 aromatic carbocycles. The standard InChI is InChI=1S/2C12H13NO4/c1-2-11(14)17-9-5-3-8(4-6-9)7-10(13)12(15)16;1-2-11(15)13-10(12(16)17)7-8-3-5-9(14)6-4-8/h2-6,10H,1,7,13H2,(H,15,16);2-6,10,14H,1,7H2,(H,13,15)(H,16,17)/t2*10-/m00/s1. The molecule has 0 unspecified atom stereocenters. The van der Waals surface area contributed by atoms with Crippen LogP contribution in [0.1, 0.15) is 11.1 Å². The van der Waals surface area contributed by atoms with E-state index in [0.29, 0.717) is 11.3 Å². The van der Waals surface area contributed by atoms with Gasteiger partial charge in [0.15, 0.2) is 0 Å². The number of carbonyl (C=O) groups excluding carboxylic acids is 2. The lowest BCUT2D eigenvalue weighted by Gasteiger charge is -2.13. The van der Waals surface area contributed by atoms with Crippen LogP contribution in [0.5, 0.6) is 11.5 Å². The van der Waals surface area contributed by atoms with E-state index in [1.54, 1.807) is 36.4 Å². The molecule has 0 heterocycles. The summed E-state index contributed by atoms with van der Waals surface area (Å²) in [6.07, 6.45) is 2.46. The van der Waals surface area contributed by atoms with Gasteiger partial charge < -0.3 is 31.1 Å². The average molecular weight is 470 g/mol. The van der Waals surface area contributed by atoms with Gasteiger partial charge in [0, 0.05) is 12.5 Å². The molecule has 0 saturated heterocycles. The fourth-order valence-corrected chi connectivity index (χ4v) is 2.49. The highest BCUT2D eigenvalue weighted by atomic mass is 16.5. The van der Waals surface area contributed by atoms with Gasteiger partial charge in [-0.3, -0.25) is 9.59 Å². The van der Waals surface area contributed by atoms with Crippen LogP contribution in [0.4, 0.5) is 0 Å². The Kier molecular flexibility index (Phi) is 11.2. The van der Waals surface area contributed by atoms with Crippen molar-refractivity contribution in [3.63, 3.8) is 0 Å². The Morgan fingerprint density at radius 3 is 1.88 bits per heavy atom. The lowest BCUT2D eigenvalue weighted by molar-refractivity contribution is -0.141. The van der Waals surface area contributed by atoms with Crippen molar-refractivity contribution in [3.05, 3.63) is 85.0 Å². The topological polar surface area (TPSA) is 176 Å². The maximum atomic E-state index is 11.0. The summed E-state index contributed by atoms with van der Waals surface area (Å²) in [5.41, 5.74) is 6.86. The second-order valence-corrected chi connectivity index (χ2v) is 6.89. The Morgan fingerprint density at radius 1 is 0.882 bits per heavy atom. The number of amides is 1. The third kappa shape index (κ3) is 10.2. The number of carbonyl (C=O) groups is 4. The van der Waals surface area contributed by atoms with E-state index >= 15 is 0 Å². The van der Waals surface area contributed by atoms with Crippen LogP contribution in [0.3, 0.4) is 0 Å². The molecular weight excluding hydrogens is 444 g/mol. The minimum Gasteiger partial charge on any atom is -0.508 e. The Bertz CT molecular complexity index is 1020. The molecule has 0 aliphatic heterocycles. The van der Waals surface area contributed by atoms with Gasteiger partial charge in [-0.2, -0.15) is 0 Å². The van der Waals surface area contributed by atoms with Gasteiger partial charge in [0.1, 0.15) is 23.6 Å². The van der Waals surface area contributed by atoms with E-state index in [-0.39, 0.29) is 18.6 Å². The summed E-state index contributed by atoms with van der Waals surface area (Å²) in [5, 5.41) is 29.0. The molecule has 10 nitrogen and oxygen atoms in total. The fraction of sp³-hybridized carbons (Fsp3) is 0.167. The second-order valence-electron chi connectivity index (χ2n) is 6.89. The molecule has 2 rings (SSSR count). The van der Waals surface area contributed by atoms with Crippen molar-refractivity contribution < 1.29 is 39.2 Å². The Labute approximate surface area is 196 Å². The summed E-state index contributed by atoms with van der Waals surface area (Å²) in [6.45, 7) is 6.53. The monoisotopic (exact) mass is 470 g/mol. The first kappa shape index (κ1) is 27.6. The Balaban J connectivity index is 0.000000340. The number of hydrogen-bond acceptors (Lipinski definition) is 7. The zero-order valence-electron chi connectivity index (χ0n) is 18.2. The highest BCUT2D eigenvalue weighted by Crippen LogP contribution is 2.14. The molecule has 0 fully saturated rings. The van der Waals surface area contributed by atoms with Crippen molar-refractivity contribution in [2.75, 3.05) is 0 Å². The number of phenols is 1. The highest BCUT2D eigenvalue weighted by Gasteiger charge is 2.19. The summed E-state index contributed by atoms with van der Waals surface area (Å²) in [7, 11) is 0. The number of phenolic OH excluding ortho intramolecular Hbond substituents is 1. The minimum atomic E-state index is -1.12. The average Bonchev–Trinajstić information content (AvgIpc) is 2.81. The number of carboxylic acids is 2. The van der Waals surface area contributed by atoms with Crippen LogP contribution < -0.4 is 15.8 Å². The van der Waals surface area contributed by atoms with Gasteiger partial charge >= 0.3 is 17.9 Å². The van der Waals surface area contributed by atoms with Crippen LogP contribution in [-0.4, -0.2) is 51.2 Å². The van der Waals surface area contributed by atoms with E-state index in [1.165, 1.54) is 12.1 Å². The number of aromatic hydroxyl groups is 1. The number of benzene rings is 2. The van der Waals surface area contributed by atoms with Crippen molar-refractivity contribution in [3.8, 4) is 11.5 Å². The first-order valence-electron chi connectivity index (χ1n) is 9.91. The molecule has 0 bridgehead atoms. The summed E-state index contributed by atoms with van der Waals surface area (Å²) in [6, 6.07) is 10.7. The fourth-order valence-electron chi connectivity index (χ4n) is 2.49. The third-order valence-electron chi connectivity index (χ3n) is 4.26. The van der Waals surface area contributed by atoms with Crippen LogP contribution in [0.25, 0.3) is 0 Å². The summed E-state index contributed by atoms with van der Waals surface area (Å²) in [4.78, 5) is 43.4. The van der Waals surface area contributed by atoms with Gasteiger partial charge in [0.05, 0.1) is 0 Å². The van der Waals surface area contributed by atoms with E-state index in [0.717, 1.165) is 17.7 Å². The molecular formula is C24H26N2O8. The third-order valence-corrected chi connectivity index (χ3v) is 4.26. The van der Waals surface area contributed by atoms with Crippen LogP contribution in [0.15, 0.2) is 73.8 Å². The van der Waals surface area contributed by atoms with Crippen LogP contribution >= 0.6 is 0 Å².